The molecule has 0 unspecified atom stereocenters. The number of benzene rings is 2. The molecule has 0 bridgehead atoms. The Labute approximate surface area is 185 Å². The molecule has 0 atom stereocenters. The van der Waals surface area contributed by atoms with Crippen LogP contribution in [0.4, 0.5) is 0 Å². The minimum atomic E-state index is -0.401. The van der Waals surface area contributed by atoms with Crippen LogP contribution in [-0.2, 0) is 11.8 Å². The largest absolute Gasteiger partial charge is 0.494 e. The summed E-state index contributed by atoms with van der Waals surface area (Å²) in [6, 6.07) is 14.6. The summed E-state index contributed by atoms with van der Waals surface area (Å²) in [5.41, 5.74) is 3.71. The summed E-state index contributed by atoms with van der Waals surface area (Å²) in [6.07, 6.45) is 0.571. The van der Waals surface area contributed by atoms with E-state index in [0.29, 0.717) is 34.5 Å². The Morgan fingerprint density at radius 1 is 1.07 bits per heavy atom. The molecule has 3 rings (SSSR count). The third-order valence-electron chi connectivity index (χ3n) is 4.64. The van der Waals surface area contributed by atoms with Crippen molar-refractivity contribution in [2.45, 2.75) is 13.3 Å². The SMILES string of the molecule is CCOC(=O)c1cc(-c2ccc(Cl)cc2Cl)c(-c2ccc(OCCCO)cc2)n1C. The van der Waals surface area contributed by atoms with E-state index in [4.69, 9.17) is 37.8 Å². The zero-order chi connectivity index (χ0) is 21.7. The van der Waals surface area contributed by atoms with E-state index in [2.05, 4.69) is 0 Å². The first kappa shape index (κ1) is 22.2. The van der Waals surface area contributed by atoms with E-state index in [1.807, 2.05) is 37.4 Å². The van der Waals surface area contributed by atoms with Crippen molar-refractivity contribution >= 4 is 29.2 Å². The molecule has 2 aromatic carbocycles. The number of hydrogen-bond donors (Lipinski definition) is 1. The monoisotopic (exact) mass is 447 g/mol. The molecule has 0 aliphatic carbocycles. The van der Waals surface area contributed by atoms with E-state index in [-0.39, 0.29) is 13.2 Å². The van der Waals surface area contributed by atoms with E-state index in [9.17, 15) is 4.79 Å². The molecule has 0 radical (unpaired) electrons. The Balaban J connectivity index is 2.08. The van der Waals surface area contributed by atoms with Gasteiger partial charge in [0, 0.05) is 41.2 Å². The maximum atomic E-state index is 12.5. The van der Waals surface area contributed by atoms with Crippen LogP contribution in [0.2, 0.25) is 10.0 Å². The quantitative estimate of drug-likeness (QED) is 0.360. The molecule has 1 N–H and O–H groups in total. The smallest absolute Gasteiger partial charge is 0.354 e. The van der Waals surface area contributed by atoms with Gasteiger partial charge in [-0.2, -0.15) is 0 Å². The van der Waals surface area contributed by atoms with Crippen molar-refractivity contribution in [3.05, 3.63) is 64.3 Å². The number of carbonyl (C=O) groups excluding carboxylic acids is 1. The molecule has 1 aromatic heterocycles. The first-order valence-electron chi connectivity index (χ1n) is 9.62. The molecule has 0 aliphatic rings. The number of halogens is 2. The van der Waals surface area contributed by atoms with Crippen molar-refractivity contribution in [3.63, 3.8) is 0 Å². The summed E-state index contributed by atoms with van der Waals surface area (Å²) >= 11 is 12.5. The molecular weight excluding hydrogens is 425 g/mol. The Kier molecular flexibility index (Phi) is 7.43. The topological polar surface area (TPSA) is 60.7 Å². The second kappa shape index (κ2) is 10.0. The van der Waals surface area contributed by atoms with E-state index in [0.717, 1.165) is 22.4 Å². The number of ether oxygens (including phenoxy) is 2. The number of aliphatic hydroxyl groups is 1. The first-order chi connectivity index (χ1) is 14.5. The molecule has 30 heavy (non-hydrogen) atoms. The van der Waals surface area contributed by atoms with Crippen LogP contribution in [0, 0.1) is 0 Å². The van der Waals surface area contributed by atoms with E-state index >= 15 is 0 Å². The lowest BCUT2D eigenvalue weighted by molar-refractivity contribution is 0.0515. The van der Waals surface area contributed by atoms with Crippen LogP contribution in [-0.4, -0.2) is 35.5 Å². The molecule has 1 heterocycles. The van der Waals surface area contributed by atoms with Gasteiger partial charge in [0.15, 0.2) is 0 Å². The Hall–Kier alpha value is -2.47. The van der Waals surface area contributed by atoms with Crippen molar-refractivity contribution in [1.29, 1.82) is 0 Å². The van der Waals surface area contributed by atoms with Crippen molar-refractivity contribution < 1.29 is 19.4 Å². The lowest BCUT2D eigenvalue weighted by atomic mass is 10.0. The number of aromatic nitrogens is 1. The lowest BCUT2D eigenvalue weighted by Gasteiger charge is -2.12. The van der Waals surface area contributed by atoms with E-state index in [1.54, 1.807) is 29.7 Å². The first-order valence-corrected chi connectivity index (χ1v) is 10.4. The highest BCUT2D eigenvalue weighted by molar-refractivity contribution is 6.36. The minimum Gasteiger partial charge on any atom is -0.494 e. The molecule has 0 amide bonds. The summed E-state index contributed by atoms with van der Waals surface area (Å²) in [7, 11) is 1.82. The molecule has 7 heteroatoms. The Morgan fingerprint density at radius 3 is 2.43 bits per heavy atom. The zero-order valence-corrected chi connectivity index (χ0v) is 18.3. The van der Waals surface area contributed by atoms with Crippen LogP contribution in [0.25, 0.3) is 22.4 Å². The fraction of sp³-hybridized carbons (Fsp3) is 0.261. The number of hydrogen-bond acceptors (Lipinski definition) is 4. The molecule has 0 aliphatic heterocycles. The predicted molar refractivity (Wildman–Crippen MR) is 119 cm³/mol. The van der Waals surface area contributed by atoms with Gasteiger partial charge in [0.1, 0.15) is 11.4 Å². The molecule has 158 valence electrons. The normalized spacial score (nSPS) is 10.8. The van der Waals surface area contributed by atoms with Crippen molar-refractivity contribution in [3.8, 4) is 28.1 Å². The third-order valence-corrected chi connectivity index (χ3v) is 5.19. The van der Waals surface area contributed by atoms with Gasteiger partial charge < -0.3 is 19.1 Å². The highest BCUT2D eigenvalue weighted by Gasteiger charge is 2.22. The average molecular weight is 448 g/mol. The van der Waals surface area contributed by atoms with Crippen LogP contribution >= 0.6 is 23.2 Å². The highest BCUT2D eigenvalue weighted by atomic mass is 35.5. The molecule has 0 spiro atoms. The zero-order valence-electron chi connectivity index (χ0n) is 16.8. The second-order valence-corrected chi connectivity index (χ2v) is 7.49. The fourth-order valence-corrected chi connectivity index (χ4v) is 3.74. The average Bonchev–Trinajstić information content (AvgIpc) is 3.06. The summed E-state index contributed by atoms with van der Waals surface area (Å²) in [5, 5.41) is 9.92. The summed E-state index contributed by atoms with van der Waals surface area (Å²) in [4.78, 5) is 12.5. The lowest BCUT2D eigenvalue weighted by Crippen LogP contribution is -2.10. The maximum absolute atomic E-state index is 12.5. The molecule has 0 fully saturated rings. The molecular formula is C23H23Cl2NO4. The van der Waals surface area contributed by atoms with Gasteiger partial charge in [-0.25, -0.2) is 4.79 Å². The van der Waals surface area contributed by atoms with Crippen LogP contribution in [0.15, 0.2) is 48.5 Å². The van der Waals surface area contributed by atoms with Gasteiger partial charge >= 0.3 is 5.97 Å². The standard InChI is InChI=1S/C23H23Cl2NO4/c1-3-29-23(28)21-14-19(18-10-7-16(24)13-20(18)25)22(26(21)2)15-5-8-17(9-6-15)30-12-4-11-27/h5-10,13-14,27H,3-4,11-12H2,1-2H3. The van der Waals surface area contributed by atoms with Gasteiger partial charge in [0.2, 0.25) is 0 Å². The van der Waals surface area contributed by atoms with Crippen LogP contribution in [0.5, 0.6) is 5.75 Å². The van der Waals surface area contributed by atoms with Gasteiger partial charge in [-0.15, -0.1) is 0 Å². The van der Waals surface area contributed by atoms with E-state index < -0.39 is 5.97 Å². The van der Waals surface area contributed by atoms with Crippen molar-refractivity contribution in [1.82, 2.24) is 4.57 Å². The molecule has 5 nitrogen and oxygen atoms in total. The molecule has 0 saturated carbocycles. The maximum Gasteiger partial charge on any atom is 0.354 e. The van der Waals surface area contributed by atoms with Crippen molar-refractivity contribution in [2.24, 2.45) is 7.05 Å². The summed E-state index contributed by atoms with van der Waals surface area (Å²) in [6.45, 7) is 2.59. The molecule has 3 aromatic rings. The number of esters is 1. The van der Waals surface area contributed by atoms with Gasteiger partial charge in [0.25, 0.3) is 0 Å². The summed E-state index contributed by atoms with van der Waals surface area (Å²) in [5.74, 6) is 0.305. The van der Waals surface area contributed by atoms with Gasteiger partial charge in [-0.3, -0.25) is 0 Å². The number of rotatable bonds is 8. The number of aliphatic hydroxyl groups excluding tert-OH is 1. The van der Waals surface area contributed by atoms with Gasteiger partial charge in [-0.1, -0.05) is 29.3 Å². The summed E-state index contributed by atoms with van der Waals surface area (Å²) < 4.78 is 12.6. The fourth-order valence-electron chi connectivity index (χ4n) is 3.23. The van der Waals surface area contributed by atoms with E-state index in [1.165, 1.54) is 0 Å². The van der Waals surface area contributed by atoms with Crippen LogP contribution in [0.3, 0.4) is 0 Å². The van der Waals surface area contributed by atoms with Crippen molar-refractivity contribution in [2.75, 3.05) is 19.8 Å². The minimum absolute atomic E-state index is 0.0866. The van der Waals surface area contributed by atoms with Crippen LogP contribution in [0.1, 0.15) is 23.8 Å². The van der Waals surface area contributed by atoms with Crippen LogP contribution < -0.4 is 4.74 Å². The van der Waals surface area contributed by atoms with Gasteiger partial charge in [0.05, 0.1) is 18.9 Å². The number of nitrogens with zero attached hydrogens (tertiary/aromatic N) is 1. The highest BCUT2D eigenvalue weighted by Crippen LogP contribution is 2.39. The second-order valence-electron chi connectivity index (χ2n) is 6.65. The Bertz CT molecular complexity index is 1030. The van der Waals surface area contributed by atoms with Gasteiger partial charge in [-0.05, 0) is 55.0 Å². The number of carbonyl (C=O) groups is 1. The molecule has 0 saturated heterocycles. The predicted octanol–water partition coefficient (Wildman–Crippen LogP) is 5.60. The Morgan fingerprint density at radius 2 is 1.80 bits per heavy atom. The third kappa shape index (κ3) is 4.81.